The van der Waals surface area contributed by atoms with E-state index in [1.165, 1.54) is 11.8 Å². The average Bonchev–Trinajstić information content (AvgIpc) is 3.27. The van der Waals surface area contributed by atoms with Crippen molar-refractivity contribution in [3.63, 3.8) is 0 Å². The highest BCUT2D eigenvalue weighted by Crippen LogP contribution is 2.33. The summed E-state index contributed by atoms with van der Waals surface area (Å²) in [4.78, 5) is 24.6. The summed E-state index contributed by atoms with van der Waals surface area (Å²) in [6.07, 6.45) is 0. The van der Waals surface area contributed by atoms with E-state index in [-0.39, 0.29) is 11.7 Å². The second-order valence-electron chi connectivity index (χ2n) is 7.57. The van der Waals surface area contributed by atoms with E-state index in [0.29, 0.717) is 21.6 Å². The molecule has 0 unspecified atom stereocenters. The van der Waals surface area contributed by atoms with Crippen molar-refractivity contribution in [3.8, 4) is 17.1 Å². The molecule has 7 nitrogen and oxygen atoms in total. The minimum atomic E-state index is -0.390. The van der Waals surface area contributed by atoms with Crippen molar-refractivity contribution in [3.05, 3.63) is 94.5 Å². The lowest BCUT2D eigenvalue weighted by Crippen LogP contribution is -2.42. The first-order chi connectivity index (χ1) is 16.4. The predicted octanol–water partition coefficient (Wildman–Crippen LogP) is 4.76. The number of carbonyl (C=O) groups is 2. The van der Waals surface area contributed by atoms with Gasteiger partial charge in [-0.1, -0.05) is 65.8 Å². The molecule has 2 N–H and O–H groups in total. The maximum atomic E-state index is 12.4. The van der Waals surface area contributed by atoms with Gasteiger partial charge in [-0.15, -0.1) is 10.2 Å². The van der Waals surface area contributed by atoms with E-state index < -0.39 is 5.91 Å². The summed E-state index contributed by atoms with van der Waals surface area (Å²) in [6, 6.07) is 22.2. The SMILES string of the molecule is Cc1ccc(C)c(-n2c(SCC(=O)NNC(=O)c3ccccc3)nnc2-c2ccccc2Cl)c1. The third kappa shape index (κ3) is 5.30. The topological polar surface area (TPSA) is 88.9 Å². The Labute approximate surface area is 206 Å². The third-order valence-electron chi connectivity index (χ3n) is 5.04. The fraction of sp³-hybridized carbons (Fsp3) is 0.120. The van der Waals surface area contributed by atoms with E-state index in [2.05, 4.69) is 21.0 Å². The number of benzene rings is 3. The third-order valence-corrected chi connectivity index (χ3v) is 6.30. The second kappa shape index (κ2) is 10.5. The van der Waals surface area contributed by atoms with Crippen LogP contribution in [0.15, 0.2) is 78.0 Å². The van der Waals surface area contributed by atoms with Crippen molar-refractivity contribution < 1.29 is 9.59 Å². The molecule has 0 saturated carbocycles. The van der Waals surface area contributed by atoms with Crippen molar-refractivity contribution in [1.82, 2.24) is 25.6 Å². The van der Waals surface area contributed by atoms with Gasteiger partial charge in [0.2, 0.25) is 5.91 Å². The minimum Gasteiger partial charge on any atom is -0.272 e. The molecule has 34 heavy (non-hydrogen) atoms. The predicted molar refractivity (Wildman–Crippen MR) is 134 cm³/mol. The van der Waals surface area contributed by atoms with Crippen LogP contribution in [0.3, 0.4) is 0 Å². The zero-order valence-electron chi connectivity index (χ0n) is 18.6. The Kier molecular flexibility index (Phi) is 7.30. The zero-order chi connectivity index (χ0) is 24.1. The number of thioether (sulfide) groups is 1. The van der Waals surface area contributed by atoms with Crippen LogP contribution < -0.4 is 10.9 Å². The van der Waals surface area contributed by atoms with Crippen molar-refractivity contribution in [2.45, 2.75) is 19.0 Å². The number of hydrogen-bond acceptors (Lipinski definition) is 5. The van der Waals surface area contributed by atoms with E-state index in [4.69, 9.17) is 11.6 Å². The van der Waals surface area contributed by atoms with Crippen LogP contribution in [0.5, 0.6) is 0 Å². The number of hydrogen-bond donors (Lipinski definition) is 2. The highest BCUT2D eigenvalue weighted by molar-refractivity contribution is 7.99. The lowest BCUT2D eigenvalue weighted by Gasteiger charge is -2.14. The number of hydrazine groups is 1. The van der Waals surface area contributed by atoms with Gasteiger partial charge in [-0.2, -0.15) is 0 Å². The number of halogens is 1. The van der Waals surface area contributed by atoms with Crippen molar-refractivity contribution in [1.29, 1.82) is 0 Å². The van der Waals surface area contributed by atoms with Gasteiger partial charge in [0.1, 0.15) is 0 Å². The minimum absolute atomic E-state index is 0.0284. The van der Waals surface area contributed by atoms with Gasteiger partial charge in [-0.25, -0.2) is 0 Å². The normalized spacial score (nSPS) is 10.7. The first-order valence-electron chi connectivity index (χ1n) is 10.5. The summed E-state index contributed by atoms with van der Waals surface area (Å²) in [5.74, 6) is -0.150. The quantitative estimate of drug-likeness (QED) is 0.300. The van der Waals surface area contributed by atoms with Crippen molar-refractivity contribution in [2.24, 2.45) is 0 Å². The van der Waals surface area contributed by atoms with Gasteiger partial charge >= 0.3 is 0 Å². The van der Waals surface area contributed by atoms with E-state index in [9.17, 15) is 9.59 Å². The monoisotopic (exact) mass is 491 g/mol. The molecule has 0 aliphatic heterocycles. The van der Waals surface area contributed by atoms with Gasteiger partial charge in [0.25, 0.3) is 5.91 Å². The van der Waals surface area contributed by atoms with Crippen LogP contribution in [-0.2, 0) is 4.79 Å². The van der Waals surface area contributed by atoms with Crippen LogP contribution in [0.1, 0.15) is 21.5 Å². The van der Waals surface area contributed by atoms with Gasteiger partial charge in [-0.3, -0.25) is 25.0 Å². The fourth-order valence-electron chi connectivity index (χ4n) is 3.31. The molecule has 0 fully saturated rings. The summed E-state index contributed by atoms with van der Waals surface area (Å²) in [5.41, 5.74) is 9.07. The van der Waals surface area contributed by atoms with Crippen LogP contribution in [-0.4, -0.2) is 32.3 Å². The van der Waals surface area contributed by atoms with Crippen molar-refractivity contribution >= 4 is 35.2 Å². The second-order valence-corrected chi connectivity index (χ2v) is 8.92. The summed E-state index contributed by atoms with van der Waals surface area (Å²) in [6.45, 7) is 4.02. The zero-order valence-corrected chi connectivity index (χ0v) is 20.2. The number of carbonyl (C=O) groups excluding carboxylic acids is 2. The molecular weight excluding hydrogens is 470 g/mol. The van der Waals surface area contributed by atoms with E-state index in [1.54, 1.807) is 30.3 Å². The molecule has 4 aromatic rings. The van der Waals surface area contributed by atoms with Crippen LogP contribution in [0, 0.1) is 13.8 Å². The molecule has 0 spiro atoms. The van der Waals surface area contributed by atoms with E-state index in [0.717, 1.165) is 22.4 Å². The van der Waals surface area contributed by atoms with Crippen LogP contribution in [0.4, 0.5) is 0 Å². The van der Waals surface area contributed by atoms with Gasteiger partial charge in [0, 0.05) is 11.1 Å². The maximum Gasteiger partial charge on any atom is 0.269 e. The Morgan fingerprint density at radius 3 is 2.44 bits per heavy atom. The summed E-state index contributed by atoms with van der Waals surface area (Å²) >= 11 is 7.67. The van der Waals surface area contributed by atoms with Gasteiger partial charge in [-0.05, 0) is 55.3 Å². The number of aromatic nitrogens is 3. The van der Waals surface area contributed by atoms with Crippen LogP contribution in [0.2, 0.25) is 5.02 Å². The molecule has 1 heterocycles. The Hall–Kier alpha value is -3.62. The molecule has 4 rings (SSSR count). The fourth-order valence-corrected chi connectivity index (χ4v) is 4.28. The molecule has 0 aliphatic carbocycles. The molecule has 0 bridgehead atoms. The molecule has 2 amide bonds. The number of amides is 2. The molecular formula is C25H22ClN5O2S. The number of rotatable bonds is 6. The molecule has 0 atom stereocenters. The molecule has 3 aromatic carbocycles. The molecule has 172 valence electrons. The highest BCUT2D eigenvalue weighted by atomic mass is 35.5. The standard InChI is InChI=1S/C25H22ClN5O2S/c1-16-12-13-17(2)21(14-16)31-23(19-10-6-7-11-20(19)26)28-30-25(31)34-15-22(32)27-29-24(33)18-8-4-3-5-9-18/h3-14H,15H2,1-2H3,(H,27,32)(H,29,33). The Morgan fingerprint density at radius 1 is 0.941 bits per heavy atom. The Bertz CT molecular complexity index is 1340. The van der Waals surface area contributed by atoms with Crippen molar-refractivity contribution in [2.75, 3.05) is 5.75 Å². The maximum absolute atomic E-state index is 12.4. The van der Waals surface area contributed by atoms with Gasteiger partial charge < -0.3 is 0 Å². The first-order valence-corrected chi connectivity index (χ1v) is 11.9. The molecule has 0 saturated heterocycles. The molecule has 0 aliphatic rings. The largest absolute Gasteiger partial charge is 0.272 e. The van der Waals surface area contributed by atoms with E-state index >= 15 is 0 Å². The number of aryl methyl sites for hydroxylation is 2. The lowest BCUT2D eigenvalue weighted by atomic mass is 10.1. The van der Waals surface area contributed by atoms with Gasteiger partial charge in [0.15, 0.2) is 11.0 Å². The Morgan fingerprint density at radius 2 is 1.68 bits per heavy atom. The molecule has 9 heteroatoms. The van der Waals surface area contributed by atoms with Gasteiger partial charge in [0.05, 0.1) is 16.5 Å². The average molecular weight is 492 g/mol. The lowest BCUT2D eigenvalue weighted by molar-refractivity contribution is -0.119. The molecule has 0 radical (unpaired) electrons. The number of nitrogens with one attached hydrogen (secondary N) is 2. The molecule has 1 aromatic heterocycles. The smallest absolute Gasteiger partial charge is 0.269 e. The summed E-state index contributed by atoms with van der Waals surface area (Å²) < 4.78 is 1.91. The Balaban J connectivity index is 1.56. The first kappa shape index (κ1) is 23.5. The highest BCUT2D eigenvalue weighted by Gasteiger charge is 2.20. The summed E-state index contributed by atoms with van der Waals surface area (Å²) in [5, 5.41) is 9.83. The van der Waals surface area contributed by atoms with E-state index in [1.807, 2.05) is 60.9 Å². The number of nitrogens with zero attached hydrogens (tertiary/aromatic N) is 3. The van der Waals surface area contributed by atoms with Crippen LogP contribution >= 0.6 is 23.4 Å². The van der Waals surface area contributed by atoms with Crippen LogP contribution in [0.25, 0.3) is 17.1 Å². The summed E-state index contributed by atoms with van der Waals surface area (Å²) in [7, 11) is 0.